The zero-order valence-corrected chi connectivity index (χ0v) is 19.7. The number of fused-ring (bicyclic) bond motifs is 1. The van der Waals surface area contributed by atoms with Gasteiger partial charge in [0, 0.05) is 24.8 Å². The minimum atomic E-state index is -0.164. The zero-order chi connectivity index (χ0) is 24.5. The average molecular weight is 471 g/mol. The number of nitrogens with zero attached hydrogens (tertiary/aromatic N) is 4. The highest BCUT2D eigenvalue weighted by atomic mass is 16.5. The van der Waals surface area contributed by atoms with E-state index in [2.05, 4.69) is 11.6 Å². The van der Waals surface area contributed by atoms with Gasteiger partial charge in [-0.3, -0.25) is 18.9 Å². The fraction of sp³-hybridized carbons (Fsp3) is 0.222. The summed E-state index contributed by atoms with van der Waals surface area (Å²) in [5.41, 5.74) is 2.95. The van der Waals surface area contributed by atoms with E-state index in [1.54, 1.807) is 33.5 Å². The van der Waals surface area contributed by atoms with Crippen LogP contribution in [0, 0.1) is 6.92 Å². The van der Waals surface area contributed by atoms with Crippen LogP contribution in [0.5, 0.6) is 17.2 Å². The predicted molar refractivity (Wildman–Crippen MR) is 134 cm³/mol. The molecule has 1 atom stereocenters. The highest BCUT2D eigenvalue weighted by Gasteiger charge is 2.30. The maximum atomic E-state index is 13.6. The number of ether oxygens (including phenoxy) is 2. The summed E-state index contributed by atoms with van der Waals surface area (Å²) in [6, 6.07) is 14.8. The second-order valence-electron chi connectivity index (χ2n) is 8.46. The summed E-state index contributed by atoms with van der Waals surface area (Å²) >= 11 is 0. The maximum absolute atomic E-state index is 13.6. The van der Waals surface area contributed by atoms with Crippen LogP contribution >= 0.6 is 0 Å². The van der Waals surface area contributed by atoms with Gasteiger partial charge < -0.3 is 14.4 Å². The van der Waals surface area contributed by atoms with Gasteiger partial charge in [-0.25, -0.2) is 4.79 Å². The summed E-state index contributed by atoms with van der Waals surface area (Å²) in [6.45, 7) is 6.58. The quantitative estimate of drug-likeness (QED) is 0.394. The highest BCUT2D eigenvalue weighted by Crippen LogP contribution is 2.32. The molecule has 3 heterocycles. The highest BCUT2D eigenvalue weighted by molar-refractivity contribution is 5.87. The smallest absolute Gasteiger partial charge is 0.334 e. The van der Waals surface area contributed by atoms with Gasteiger partial charge in [-0.05, 0) is 61.9 Å². The van der Waals surface area contributed by atoms with Gasteiger partial charge >= 0.3 is 5.69 Å². The molecular formula is C27H26N4O4. The van der Waals surface area contributed by atoms with Crippen LogP contribution in [0.15, 0.2) is 78.4 Å². The van der Waals surface area contributed by atoms with Crippen molar-refractivity contribution in [2.45, 2.75) is 19.4 Å². The minimum absolute atomic E-state index is 0.115. The van der Waals surface area contributed by atoms with Crippen molar-refractivity contribution in [3.63, 3.8) is 0 Å². The van der Waals surface area contributed by atoms with E-state index in [1.165, 1.54) is 6.08 Å². The molecule has 5 rings (SSSR count). The first kappa shape index (κ1) is 22.5. The Morgan fingerprint density at radius 1 is 1.11 bits per heavy atom. The molecule has 0 aliphatic carbocycles. The second kappa shape index (κ2) is 9.13. The molecule has 1 fully saturated rings. The third kappa shape index (κ3) is 3.97. The number of amides is 1. The molecule has 8 heteroatoms. The number of carbonyl (C=O) groups is 1. The van der Waals surface area contributed by atoms with Gasteiger partial charge in [0.1, 0.15) is 17.2 Å². The molecule has 178 valence electrons. The van der Waals surface area contributed by atoms with E-state index in [1.807, 2.05) is 55.5 Å². The van der Waals surface area contributed by atoms with Gasteiger partial charge in [0.2, 0.25) is 5.91 Å². The van der Waals surface area contributed by atoms with Crippen molar-refractivity contribution in [3.8, 4) is 22.9 Å². The second-order valence-corrected chi connectivity index (χ2v) is 8.46. The van der Waals surface area contributed by atoms with Crippen LogP contribution < -0.4 is 15.2 Å². The van der Waals surface area contributed by atoms with Crippen LogP contribution in [0.2, 0.25) is 0 Å². The van der Waals surface area contributed by atoms with Gasteiger partial charge in [0.05, 0.1) is 36.1 Å². The molecular weight excluding hydrogens is 444 g/mol. The van der Waals surface area contributed by atoms with Crippen LogP contribution in [0.4, 0.5) is 0 Å². The Kier molecular flexibility index (Phi) is 5.86. The number of benzene rings is 2. The Hall–Kier alpha value is -4.33. The van der Waals surface area contributed by atoms with Crippen molar-refractivity contribution in [2.75, 3.05) is 20.2 Å². The molecule has 0 radical (unpaired) electrons. The van der Waals surface area contributed by atoms with Gasteiger partial charge in [-0.2, -0.15) is 0 Å². The van der Waals surface area contributed by atoms with Crippen molar-refractivity contribution in [1.82, 2.24) is 19.0 Å². The number of pyridine rings is 1. The van der Waals surface area contributed by atoms with Crippen LogP contribution in [0.25, 0.3) is 16.7 Å². The first-order valence-electron chi connectivity index (χ1n) is 11.4. The van der Waals surface area contributed by atoms with Crippen LogP contribution in [-0.4, -0.2) is 45.1 Å². The molecule has 8 nitrogen and oxygen atoms in total. The third-order valence-electron chi connectivity index (χ3n) is 6.47. The molecule has 1 saturated heterocycles. The van der Waals surface area contributed by atoms with E-state index in [-0.39, 0.29) is 17.6 Å². The number of likely N-dealkylation sites (tertiary alicyclic amines) is 1. The fourth-order valence-corrected chi connectivity index (χ4v) is 4.67. The molecule has 0 saturated carbocycles. The van der Waals surface area contributed by atoms with E-state index in [4.69, 9.17) is 9.47 Å². The molecule has 0 N–H and O–H groups in total. The number of imidazole rings is 1. The van der Waals surface area contributed by atoms with Gasteiger partial charge in [-0.15, -0.1) is 0 Å². The zero-order valence-electron chi connectivity index (χ0n) is 19.7. The number of rotatable bonds is 6. The Labute approximate surface area is 202 Å². The molecule has 1 aliphatic heterocycles. The SMILES string of the molecule is C=CC(=O)N1CC[C@@H](n2c(=O)n(-c3ccc(Oc4cccc(OC)c4C)cc3)c3cnccc32)C1. The number of methoxy groups -OCH3 is 1. The predicted octanol–water partition coefficient (Wildman–Crippen LogP) is 4.26. The van der Waals surface area contributed by atoms with E-state index in [9.17, 15) is 9.59 Å². The Morgan fingerprint density at radius 3 is 2.63 bits per heavy atom. The van der Waals surface area contributed by atoms with Gasteiger partial charge in [0.25, 0.3) is 0 Å². The Balaban J connectivity index is 1.49. The molecule has 2 aromatic heterocycles. The molecule has 1 amide bonds. The summed E-state index contributed by atoms with van der Waals surface area (Å²) in [5, 5.41) is 0. The third-order valence-corrected chi connectivity index (χ3v) is 6.47. The van der Waals surface area contributed by atoms with E-state index < -0.39 is 0 Å². The lowest BCUT2D eigenvalue weighted by Gasteiger charge is -2.15. The lowest BCUT2D eigenvalue weighted by atomic mass is 10.2. The number of hydrogen-bond donors (Lipinski definition) is 0. The molecule has 0 bridgehead atoms. The lowest BCUT2D eigenvalue weighted by molar-refractivity contribution is -0.125. The lowest BCUT2D eigenvalue weighted by Crippen LogP contribution is -2.31. The topological polar surface area (TPSA) is 78.6 Å². The molecule has 35 heavy (non-hydrogen) atoms. The van der Waals surface area contributed by atoms with Crippen molar-refractivity contribution in [2.24, 2.45) is 0 Å². The molecule has 0 unspecified atom stereocenters. The van der Waals surface area contributed by atoms with Crippen molar-refractivity contribution in [3.05, 3.63) is 89.6 Å². The molecule has 4 aromatic rings. The van der Waals surface area contributed by atoms with Crippen LogP contribution in [0.1, 0.15) is 18.0 Å². The minimum Gasteiger partial charge on any atom is -0.496 e. The largest absolute Gasteiger partial charge is 0.496 e. The van der Waals surface area contributed by atoms with Crippen molar-refractivity contribution >= 4 is 16.9 Å². The summed E-state index contributed by atoms with van der Waals surface area (Å²) in [5.74, 6) is 1.99. The summed E-state index contributed by atoms with van der Waals surface area (Å²) < 4.78 is 14.9. The summed E-state index contributed by atoms with van der Waals surface area (Å²) in [7, 11) is 1.63. The van der Waals surface area contributed by atoms with Crippen LogP contribution in [-0.2, 0) is 4.79 Å². The summed E-state index contributed by atoms with van der Waals surface area (Å²) in [6.07, 6.45) is 5.39. The van der Waals surface area contributed by atoms with Crippen LogP contribution in [0.3, 0.4) is 0 Å². The Bertz CT molecular complexity index is 1470. The Morgan fingerprint density at radius 2 is 1.89 bits per heavy atom. The van der Waals surface area contributed by atoms with Crippen molar-refractivity contribution < 1.29 is 14.3 Å². The van der Waals surface area contributed by atoms with Gasteiger partial charge in [0.15, 0.2) is 0 Å². The summed E-state index contributed by atoms with van der Waals surface area (Å²) in [4.78, 5) is 31.7. The first-order valence-corrected chi connectivity index (χ1v) is 11.4. The normalized spacial score (nSPS) is 15.4. The number of aromatic nitrogens is 3. The van der Waals surface area contributed by atoms with E-state index in [0.717, 1.165) is 16.8 Å². The molecule has 0 spiro atoms. The van der Waals surface area contributed by atoms with Gasteiger partial charge in [-0.1, -0.05) is 12.6 Å². The number of hydrogen-bond acceptors (Lipinski definition) is 5. The van der Waals surface area contributed by atoms with E-state index in [0.29, 0.717) is 42.2 Å². The molecule has 1 aliphatic rings. The van der Waals surface area contributed by atoms with Crippen molar-refractivity contribution in [1.29, 1.82) is 0 Å². The fourth-order valence-electron chi connectivity index (χ4n) is 4.67. The number of carbonyl (C=O) groups excluding carboxylic acids is 1. The monoisotopic (exact) mass is 470 g/mol. The average Bonchev–Trinajstić information content (AvgIpc) is 3.47. The molecule has 2 aromatic carbocycles. The maximum Gasteiger partial charge on any atom is 0.334 e. The standard InChI is InChI=1S/C27H26N4O4/c1-4-26(32)29-15-13-20(17-29)31-22-12-14-28-16-23(22)30(27(31)33)19-8-10-21(11-9-19)35-25-7-5-6-24(34-3)18(25)2/h4-12,14,16,20H,1,13,15,17H2,2-3H3/t20-/m1/s1. The first-order chi connectivity index (χ1) is 17.0. The van der Waals surface area contributed by atoms with E-state index >= 15 is 0 Å².